The summed E-state index contributed by atoms with van der Waals surface area (Å²) < 4.78 is 11.7. The SMILES string of the molecule is CCCC[C@H]1CC[C@H](C(=O)Oc2cc([N+](=O)[O-])c(OC(=O)[C@H]3CC[C@H](CCCC)CC3)cc2-c2nc3ccccc3[nH]2)CC1. The van der Waals surface area contributed by atoms with E-state index in [9.17, 15) is 19.7 Å². The number of nitrogens with one attached hydrogen (secondary N) is 1. The number of carbonyl (C=O) groups excluding carboxylic acids is 2. The smallest absolute Gasteiger partial charge is 0.315 e. The summed E-state index contributed by atoms with van der Waals surface area (Å²) in [5.41, 5.74) is 1.38. The lowest BCUT2D eigenvalue weighted by molar-refractivity contribution is -0.385. The van der Waals surface area contributed by atoms with Gasteiger partial charge < -0.3 is 14.5 Å². The molecule has 3 aromatic rings. The number of aromatic amines is 1. The van der Waals surface area contributed by atoms with E-state index in [2.05, 4.69) is 23.8 Å². The highest BCUT2D eigenvalue weighted by Crippen LogP contribution is 2.42. The highest BCUT2D eigenvalue weighted by molar-refractivity contribution is 5.85. The zero-order valence-corrected chi connectivity index (χ0v) is 26.0. The van der Waals surface area contributed by atoms with Gasteiger partial charge in [0.15, 0.2) is 0 Å². The van der Waals surface area contributed by atoms with Crippen molar-refractivity contribution in [2.45, 2.75) is 104 Å². The summed E-state index contributed by atoms with van der Waals surface area (Å²) in [4.78, 5) is 46.2. The second kappa shape index (κ2) is 14.8. The van der Waals surface area contributed by atoms with Gasteiger partial charge in [0.05, 0.1) is 39.4 Å². The van der Waals surface area contributed by atoms with Gasteiger partial charge in [0.1, 0.15) is 11.6 Å². The third-order valence-electron chi connectivity index (χ3n) is 9.62. The molecule has 0 atom stereocenters. The number of nitro benzene ring substituents is 1. The minimum atomic E-state index is -0.594. The van der Waals surface area contributed by atoms with E-state index in [1.54, 1.807) is 0 Å². The Morgan fingerprint density at radius 3 is 1.91 bits per heavy atom. The minimum absolute atomic E-state index is 0.0325. The number of para-hydroxylation sites is 2. The summed E-state index contributed by atoms with van der Waals surface area (Å²) in [6.07, 6.45) is 13.8. The standard InChI is InChI=1S/C35H45N3O6/c1-3-5-9-23-13-17-25(18-14-23)34(39)43-31-22-30(38(41)42)32(21-27(31)33-36-28-11-7-8-12-29(28)37-33)44-35(40)26-19-15-24(16-20-26)10-6-4-2/h7-8,11-12,21-26H,3-6,9-10,13-20H2,1-2H3,(H,36,37)/t23-,24-,25-,26-. The summed E-state index contributed by atoms with van der Waals surface area (Å²) in [7, 11) is 0. The number of unbranched alkanes of at least 4 members (excludes halogenated alkanes) is 2. The third kappa shape index (κ3) is 7.66. The topological polar surface area (TPSA) is 124 Å². The van der Waals surface area contributed by atoms with Crippen LogP contribution in [-0.2, 0) is 9.59 Å². The van der Waals surface area contributed by atoms with Gasteiger partial charge in [-0.2, -0.15) is 0 Å². The average Bonchev–Trinajstić information content (AvgIpc) is 3.48. The number of hydrogen-bond acceptors (Lipinski definition) is 7. The van der Waals surface area contributed by atoms with Crippen LogP contribution in [0.2, 0.25) is 0 Å². The lowest BCUT2D eigenvalue weighted by Crippen LogP contribution is -2.26. The fourth-order valence-electron chi connectivity index (χ4n) is 6.87. The van der Waals surface area contributed by atoms with E-state index < -0.39 is 22.5 Å². The number of aromatic nitrogens is 2. The lowest BCUT2D eigenvalue weighted by Gasteiger charge is -2.27. The molecule has 2 aliphatic rings. The fraction of sp³-hybridized carbons (Fsp3) is 0.571. The second-order valence-electron chi connectivity index (χ2n) is 12.7. The monoisotopic (exact) mass is 603 g/mol. The van der Waals surface area contributed by atoms with Gasteiger partial charge in [0, 0.05) is 6.07 Å². The fourth-order valence-corrected chi connectivity index (χ4v) is 6.87. The largest absolute Gasteiger partial charge is 0.425 e. The molecule has 2 saturated carbocycles. The Kier molecular flexibility index (Phi) is 10.7. The molecule has 0 bridgehead atoms. The predicted molar refractivity (Wildman–Crippen MR) is 169 cm³/mol. The van der Waals surface area contributed by atoms with Crippen LogP contribution in [0.5, 0.6) is 11.5 Å². The van der Waals surface area contributed by atoms with Crippen LogP contribution < -0.4 is 9.47 Å². The summed E-state index contributed by atoms with van der Waals surface area (Å²) in [5.74, 6) is 0.0792. The minimum Gasteiger partial charge on any atom is -0.425 e. The number of hydrogen-bond donors (Lipinski definition) is 1. The van der Waals surface area contributed by atoms with Crippen molar-refractivity contribution in [2.75, 3.05) is 0 Å². The van der Waals surface area contributed by atoms with Gasteiger partial charge in [-0.15, -0.1) is 0 Å². The number of carbonyl (C=O) groups is 2. The summed E-state index contributed by atoms with van der Waals surface area (Å²) >= 11 is 0. The molecule has 0 spiro atoms. The van der Waals surface area contributed by atoms with Crippen molar-refractivity contribution in [3.05, 3.63) is 46.5 Å². The molecular formula is C35H45N3O6. The van der Waals surface area contributed by atoms with E-state index in [1.807, 2.05) is 24.3 Å². The zero-order valence-electron chi connectivity index (χ0n) is 26.0. The summed E-state index contributed by atoms with van der Waals surface area (Å²) in [6.45, 7) is 4.37. The zero-order chi connectivity index (χ0) is 31.1. The van der Waals surface area contributed by atoms with Gasteiger partial charge in [0.25, 0.3) is 0 Å². The summed E-state index contributed by atoms with van der Waals surface area (Å²) in [6, 6.07) is 10.1. The number of imidazole rings is 1. The van der Waals surface area contributed by atoms with Crippen LogP contribution in [-0.4, -0.2) is 26.8 Å². The van der Waals surface area contributed by atoms with Crippen LogP contribution in [0, 0.1) is 33.8 Å². The molecule has 5 rings (SSSR count). The molecule has 0 saturated heterocycles. The highest BCUT2D eigenvalue weighted by Gasteiger charge is 2.33. The molecule has 1 aromatic heterocycles. The van der Waals surface area contributed by atoms with E-state index in [4.69, 9.17) is 9.47 Å². The van der Waals surface area contributed by atoms with Crippen LogP contribution in [0.15, 0.2) is 36.4 Å². The van der Waals surface area contributed by atoms with Crippen LogP contribution in [0.1, 0.15) is 104 Å². The van der Waals surface area contributed by atoms with Crippen LogP contribution >= 0.6 is 0 Å². The average molecular weight is 604 g/mol. The van der Waals surface area contributed by atoms with Gasteiger partial charge in [-0.05, 0) is 75.3 Å². The first-order chi connectivity index (χ1) is 21.4. The van der Waals surface area contributed by atoms with Crippen molar-refractivity contribution in [1.82, 2.24) is 9.97 Å². The number of ether oxygens (including phenoxy) is 2. The number of nitrogens with zero attached hydrogens (tertiary/aromatic N) is 2. The van der Waals surface area contributed by atoms with Crippen molar-refractivity contribution in [3.8, 4) is 22.9 Å². The molecule has 2 aromatic carbocycles. The Balaban J connectivity index is 1.40. The van der Waals surface area contributed by atoms with E-state index in [0.717, 1.165) is 56.9 Å². The maximum absolute atomic E-state index is 13.4. The molecule has 0 unspecified atom stereocenters. The molecule has 1 N–H and O–H groups in total. The van der Waals surface area contributed by atoms with Crippen LogP contribution in [0.3, 0.4) is 0 Å². The molecule has 1 heterocycles. The third-order valence-corrected chi connectivity index (χ3v) is 9.62. The summed E-state index contributed by atoms with van der Waals surface area (Å²) in [5, 5.41) is 12.2. The van der Waals surface area contributed by atoms with Gasteiger partial charge in [-0.3, -0.25) is 19.7 Å². The Morgan fingerprint density at radius 2 is 1.39 bits per heavy atom. The molecule has 9 heteroatoms. The molecule has 0 amide bonds. The van der Waals surface area contributed by atoms with Crippen LogP contribution in [0.4, 0.5) is 5.69 Å². The van der Waals surface area contributed by atoms with Crippen molar-refractivity contribution in [3.63, 3.8) is 0 Å². The molecular weight excluding hydrogens is 558 g/mol. The normalized spacial score (nSPS) is 22.0. The van der Waals surface area contributed by atoms with Gasteiger partial charge in [0.2, 0.25) is 5.75 Å². The van der Waals surface area contributed by atoms with E-state index in [-0.39, 0.29) is 23.3 Å². The second-order valence-corrected chi connectivity index (χ2v) is 12.7. The predicted octanol–water partition coefficient (Wildman–Crippen LogP) is 8.94. The highest BCUT2D eigenvalue weighted by atomic mass is 16.6. The van der Waals surface area contributed by atoms with E-state index >= 15 is 0 Å². The number of fused-ring (bicyclic) bond motifs is 1. The van der Waals surface area contributed by atoms with Gasteiger partial charge in [-0.1, -0.05) is 64.5 Å². The number of H-pyrrole nitrogens is 1. The number of esters is 2. The first kappa shape index (κ1) is 31.7. The molecule has 44 heavy (non-hydrogen) atoms. The molecule has 2 aliphatic carbocycles. The number of benzene rings is 2. The van der Waals surface area contributed by atoms with Crippen molar-refractivity contribution >= 4 is 28.7 Å². The maximum Gasteiger partial charge on any atom is 0.315 e. The van der Waals surface area contributed by atoms with E-state index in [0.29, 0.717) is 41.6 Å². The molecule has 9 nitrogen and oxygen atoms in total. The Hall–Kier alpha value is -3.75. The Bertz CT molecular complexity index is 1420. The van der Waals surface area contributed by atoms with Gasteiger partial charge >= 0.3 is 17.6 Å². The first-order valence-corrected chi connectivity index (χ1v) is 16.6. The Morgan fingerprint density at radius 1 is 0.841 bits per heavy atom. The number of rotatable bonds is 12. The van der Waals surface area contributed by atoms with Crippen molar-refractivity contribution in [2.24, 2.45) is 23.7 Å². The first-order valence-electron chi connectivity index (χ1n) is 16.6. The molecule has 2 fully saturated rings. The molecule has 0 aliphatic heterocycles. The Labute approximate surface area is 259 Å². The quantitative estimate of drug-likeness (QED) is 0.0948. The van der Waals surface area contributed by atoms with E-state index in [1.165, 1.54) is 37.8 Å². The van der Waals surface area contributed by atoms with Crippen molar-refractivity contribution < 1.29 is 24.0 Å². The number of nitro groups is 1. The van der Waals surface area contributed by atoms with Gasteiger partial charge in [-0.25, -0.2) is 4.98 Å². The molecule has 0 radical (unpaired) electrons. The van der Waals surface area contributed by atoms with Crippen LogP contribution in [0.25, 0.3) is 22.4 Å². The maximum atomic E-state index is 13.4. The molecule has 236 valence electrons. The lowest BCUT2D eigenvalue weighted by atomic mass is 9.80. The van der Waals surface area contributed by atoms with Crippen molar-refractivity contribution in [1.29, 1.82) is 0 Å².